The second-order valence-corrected chi connectivity index (χ2v) is 5.74. The van der Waals surface area contributed by atoms with Crippen molar-refractivity contribution in [2.24, 2.45) is 5.92 Å². The Morgan fingerprint density at radius 1 is 1.37 bits per heavy atom. The quantitative estimate of drug-likeness (QED) is 0.775. The number of carbonyl (C=O) groups is 1. The summed E-state index contributed by atoms with van der Waals surface area (Å²) in [6, 6.07) is 0. The Balaban J connectivity index is 1.63. The number of hydrogen-bond acceptors (Lipinski definition) is 4. The number of ether oxygens (including phenoxy) is 1. The van der Waals surface area contributed by atoms with Gasteiger partial charge < -0.3 is 20.1 Å². The maximum Gasteiger partial charge on any atom is 0.224 e. The molecule has 2 saturated heterocycles. The predicted octanol–water partition coefficient (Wildman–Crippen LogP) is 0.374. The van der Waals surface area contributed by atoms with E-state index < -0.39 is 0 Å². The SMILES string of the molecule is CC1CN(C(=O)CCOC2CCNCC2)CCC1O. The predicted molar refractivity (Wildman–Crippen MR) is 72.8 cm³/mol. The van der Waals surface area contributed by atoms with Gasteiger partial charge in [-0.15, -0.1) is 0 Å². The summed E-state index contributed by atoms with van der Waals surface area (Å²) in [5, 5.41) is 13.0. The van der Waals surface area contributed by atoms with Crippen LogP contribution in [0.3, 0.4) is 0 Å². The van der Waals surface area contributed by atoms with Crippen molar-refractivity contribution in [3.8, 4) is 0 Å². The van der Waals surface area contributed by atoms with Crippen molar-refractivity contribution in [3.63, 3.8) is 0 Å². The van der Waals surface area contributed by atoms with Gasteiger partial charge in [-0.1, -0.05) is 6.92 Å². The molecule has 2 rings (SSSR count). The van der Waals surface area contributed by atoms with Gasteiger partial charge in [-0.2, -0.15) is 0 Å². The smallest absolute Gasteiger partial charge is 0.224 e. The highest BCUT2D eigenvalue weighted by Gasteiger charge is 2.27. The number of nitrogens with zero attached hydrogens (tertiary/aromatic N) is 1. The molecule has 0 aromatic carbocycles. The van der Waals surface area contributed by atoms with Crippen molar-refractivity contribution in [1.29, 1.82) is 0 Å². The number of aliphatic hydroxyl groups excluding tert-OH is 1. The molecule has 0 aliphatic carbocycles. The molecule has 110 valence electrons. The van der Waals surface area contributed by atoms with Crippen LogP contribution in [0.5, 0.6) is 0 Å². The van der Waals surface area contributed by atoms with E-state index in [0.717, 1.165) is 25.9 Å². The molecule has 2 aliphatic heterocycles. The van der Waals surface area contributed by atoms with Gasteiger partial charge in [-0.3, -0.25) is 4.79 Å². The topological polar surface area (TPSA) is 61.8 Å². The van der Waals surface area contributed by atoms with Crippen LogP contribution in [0.1, 0.15) is 32.6 Å². The molecular formula is C14H26N2O3. The first-order chi connectivity index (χ1) is 9.16. The molecule has 5 nitrogen and oxygen atoms in total. The Morgan fingerprint density at radius 2 is 2.11 bits per heavy atom. The zero-order valence-corrected chi connectivity index (χ0v) is 11.8. The van der Waals surface area contributed by atoms with Crippen LogP contribution in [0.2, 0.25) is 0 Å². The second-order valence-electron chi connectivity index (χ2n) is 5.74. The fourth-order valence-electron chi connectivity index (χ4n) is 2.79. The third-order valence-corrected chi connectivity index (χ3v) is 4.17. The van der Waals surface area contributed by atoms with Crippen LogP contribution in [0.4, 0.5) is 0 Å². The molecule has 0 radical (unpaired) electrons. The molecule has 5 heteroatoms. The molecule has 2 fully saturated rings. The largest absolute Gasteiger partial charge is 0.393 e. The average Bonchev–Trinajstić information content (AvgIpc) is 2.43. The Morgan fingerprint density at radius 3 is 2.79 bits per heavy atom. The number of piperidine rings is 2. The van der Waals surface area contributed by atoms with Crippen molar-refractivity contribution in [2.75, 3.05) is 32.8 Å². The fourth-order valence-corrected chi connectivity index (χ4v) is 2.79. The van der Waals surface area contributed by atoms with Crippen LogP contribution in [0, 0.1) is 5.92 Å². The van der Waals surface area contributed by atoms with Crippen molar-refractivity contribution < 1.29 is 14.6 Å². The van der Waals surface area contributed by atoms with E-state index in [2.05, 4.69) is 5.32 Å². The van der Waals surface area contributed by atoms with E-state index in [1.807, 2.05) is 11.8 Å². The summed E-state index contributed by atoms with van der Waals surface area (Å²) in [7, 11) is 0. The first-order valence-electron chi connectivity index (χ1n) is 7.45. The molecule has 1 amide bonds. The van der Waals surface area contributed by atoms with E-state index in [-0.39, 0.29) is 17.9 Å². The summed E-state index contributed by atoms with van der Waals surface area (Å²) < 4.78 is 5.76. The van der Waals surface area contributed by atoms with Gasteiger partial charge in [-0.25, -0.2) is 0 Å². The van der Waals surface area contributed by atoms with Gasteiger partial charge in [0.25, 0.3) is 0 Å². The number of likely N-dealkylation sites (tertiary alicyclic amines) is 1. The minimum Gasteiger partial charge on any atom is -0.393 e. The average molecular weight is 270 g/mol. The second kappa shape index (κ2) is 7.22. The standard InChI is InChI=1S/C14H26N2O3/c1-11-10-16(8-4-13(11)17)14(18)5-9-19-12-2-6-15-7-3-12/h11-13,15,17H,2-10H2,1H3. The lowest BCUT2D eigenvalue weighted by Crippen LogP contribution is -2.45. The van der Waals surface area contributed by atoms with Gasteiger partial charge in [0.2, 0.25) is 5.91 Å². The number of nitrogens with one attached hydrogen (secondary N) is 1. The van der Waals surface area contributed by atoms with Crippen molar-refractivity contribution >= 4 is 5.91 Å². The summed E-state index contributed by atoms with van der Waals surface area (Å²) in [5.41, 5.74) is 0. The number of carbonyl (C=O) groups excluding carboxylic acids is 1. The summed E-state index contributed by atoms with van der Waals surface area (Å²) in [4.78, 5) is 13.9. The first-order valence-corrected chi connectivity index (χ1v) is 7.45. The van der Waals surface area contributed by atoms with Crippen LogP contribution in [-0.4, -0.2) is 60.9 Å². The van der Waals surface area contributed by atoms with Gasteiger partial charge in [0, 0.05) is 13.1 Å². The Labute approximate surface area is 115 Å². The van der Waals surface area contributed by atoms with E-state index in [9.17, 15) is 9.90 Å². The zero-order valence-electron chi connectivity index (χ0n) is 11.8. The van der Waals surface area contributed by atoms with Crippen molar-refractivity contribution in [2.45, 2.75) is 44.8 Å². The number of amides is 1. The summed E-state index contributed by atoms with van der Waals surface area (Å²) in [6.07, 6.45) is 3.31. The normalized spacial score (nSPS) is 29.5. The molecule has 2 heterocycles. The lowest BCUT2D eigenvalue weighted by Gasteiger charge is -2.34. The van der Waals surface area contributed by atoms with Crippen molar-refractivity contribution in [1.82, 2.24) is 10.2 Å². The van der Waals surface area contributed by atoms with Gasteiger partial charge in [0.15, 0.2) is 0 Å². The molecule has 0 aromatic rings. The molecule has 19 heavy (non-hydrogen) atoms. The fraction of sp³-hybridized carbons (Fsp3) is 0.929. The maximum absolute atomic E-state index is 12.0. The van der Waals surface area contributed by atoms with Crippen LogP contribution >= 0.6 is 0 Å². The van der Waals surface area contributed by atoms with Gasteiger partial charge in [0.05, 0.1) is 25.2 Å². The van der Waals surface area contributed by atoms with E-state index in [4.69, 9.17) is 4.74 Å². The molecule has 2 atom stereocenters. The summed E-state index contributed by atoms with van der Waals surface area (Å²) in [5.74, 6) is 0.343. The Hall–Kier alpha value is -0.650. The molecule has 2 N–H and O–H groups in total. The highest BCUT2D eigenvalue weighted by molar-refractivity contribution is 5.76. The van der Waals surface area contributed by atoms with E-state index in [0.29, 0.717) is 38.6 Å². The summed E-state index contributed by atoms with van der Waals surface area (Å²) in [6.45, 7) is 5.90. The molecule has 2 unspecified atom stereocenters. The highest BCUT2D eigenvalue weighted by Crippen LogP contribution is 2.17. The minimum atomic E-state index is -0.255. The molecular weight excluding hydrogens is 244 g/mol. The minimum absolute atomic E-state index is 0.160. The van der Waals surface area contributed by atoms with E-state index >= 15 is 0 Å². The Bertz CT molecular complexity index is 292. The monoisotopic (exact) mass is 270 g/mol. The third-order valence-electron chi connectivity index (χ3n) is 4.17. The van der Waals surface area contributed by atoms with Crippen LogP contribution in [0.25, 0.3) is 0 Å². The first kappa shape index (κ1) is 14.8. The third kappa shape index (κ3) is 4.44. The molecule has 0 aromatic heterocycles. The zero-order chi connectivity index (χ0) is 13.7. The molecule has 0 saturated carbocycles. The van der Waals surface area contributed by atoms with Crippen molar-refractivity contribution in [3.05, 3.63) is 0 Å². The van der Waals surface area contributed by atoms with Gasteiger partial charge in [0.1, 0.15) is 0 Å². The molecule has 0 spiro atoms. The number of rotatable bonds is 4. The van der Waals surface area contributed by atoms with E-state index in [1.165, 1.54) is 0 Å². The lowest BCUT2D eigenvalue weighted by molar-refractivity contribution is -0.136. The van der Waals surface area contributed by atoms with Crippen LogP contribution in [-0.2, 0) is 9.53 Å². The Kier molecular flexibility index (Phi) is 5.60. The van der Waals surface area contributed by atoms with E-state index in [1.54, 1.807) is 0 Å². The highest BCUT2D eigenvalue weighted by atomic mass is 16.5. The summed E-state index contributed by atoms with van der Waals surface area (Å²) >= 11 is 0. The molecule has 2 aliphatic rings. The number of aliphatic hydroxyl groups is 1. The number of hydrogen-bond donors (Lipinski definition) is 2. The lowest BCUT2D eigenvalue weighted by atomic mass is 9.96. The molecule has 0 bridgehead atoms. The van der Waals surface area contributed by atoms with Gasteiger partial charge >= 0.3 is 0 Å². The van der Waals surface area contributed by atoms with Crippen LogP contribution < -0.4 is 5.32 Å². The van der Waals surface area contributed by atoms with Gasteiger partial charge in [-0.05, 0) is 38.3 Å². The van der Waals surface area contributed by atoms with Crippen LogP contribution in [0.15, 0.2) is 0 Å². The maximum atomic E-state index is 12.0.